The molecule has 3 amide bonds. The lowest BCUT2D eigenvalue weighted by molar-refractivity contribution is -0.133. The van der Waals surface area contributed by atoms with Gasteiger partial charge in [0.05, 0.1) is 18.1 Å². The first-order chi connectivity index (χ1) is 20.5. The van der Waals surface area contributed by atoms with E-state index in [0.717, 1.165) is 0 Å². The topological polar surface area (TPSA) is 115 Å². The van der Waals surface area contributed by atoms with E-state index in [9.17, 15) is 32.3 Å². The van der Waals surface area contributed by atoms with Gasteiger partial charge in [0.25, 0.3) is 11.8 Å². The van der Waals surface area contributed by atoms with Crippen LogP contribution in [0.1, 0.15) is 70.6 Å². The number of halogens is 3. The summed E-state index contributed by atoms with van der Waals surface area (Å²) in [6.07, 6.45) is 2.39. The van der Waals surface area contributed by atoms with Gasteiger partial charge in [0, 0.05) is 42.9 Å². The molecule has 3 aromatic rings. The third kappa shape index (κ3) is 4.65. The molecule has 0 saturated carbocycles. The van der Waals surface area contributed by atoms with Crippen molar-refractivity contribution in [1.82, 2.24) is 14.4 Å². The zero-order chi connectivity index (χ0) is 30.6. The van der Waals surface area contributed by atoms with Crippen molar-refractivity contribution in [3.8, 4) is 5.75 Å². The summed E-state index contributed by atoms with van der Waals surface area (Å²) in [6.45, 7) is 1.41. The number of likely N-dealkylation sites (tertiary alicyclic amines) is 1. The highest BCUT2D eigenvalue weighted by Gasteiger charge is 2.56. The van der Waals surface area contributed by atoms with Crippen LogP contribution in [-0.4, -0.2) is 50.2 Å². The van der Waals surface area contributed by atoms with Crippen molar-refractivity contribution < 1.29 is 32.3 Å². The lowest BCUT2D eigenvalue weighted by Gasteiger charge is -2.47. The highest BCUT2D eigenvalue weighted by molar-refractivity contribution is 5.99. The third-order valence-electron chi connectivity index (χ3n) is 9.03. The molecule has 0 aliphatic carbocycles. The molecule has 43 heavy (non-hydrogen) atoms. The third-order valence-corrected chi connectivity index (χ3v) is 9.03. The van der Waals surface area contributed by atoms with Crippen LogP contribution in [0.15, 0.2) is 53.5 Å². The van der Waals surface area contributed by atoms with Gasteiger partial charge in [-0.2, -0.15) is 0 Å². The fourth-order valence-electron chi connectivity index (χ4n) is 6.76. The van der Waals surface area contributed by atoms with Crippen molar-refractivity contribution in [3.63, 3.8) is 0 Å². The molecule has 224 valence electrons. The van der Waals surface area contributed by atoms with Crippen LogP contribution < -0.4 is 15.9 Å². The monoisotopic (exact) mass is 594 g/mol. The number of fused-ring (bicyclic) bond motifs is 5. The van der Waals surface area contributed by atoms with Gasteiger partial charge in [-0.15, -0.1) is 0 Å². The molecule has 3 atom stereocenters. The zero-order valence-electron chi connectivity index (χ0n) is 23.3. The molecule has 3 aliphatic rings. The molecular weight excluding hydrogens is 565 g/mol. The zero-order valence-corrected chi connectivity index (χ0v) is 23.3. The van der Waals surface area contributed by atoms with Crippen molar-refractivity contribution in [3.05, 3.63) is 98.7 Å². The lowest BCUT2D eigenvalue weighted by Crippen LogP contribution is -2.57. The summed E-state index contributed by atoms with van der Waals surface area (Å²) in [7, 11) is 0. The van der Waals surface area contributed by atoms with E-state index in [1.165, 1.54) is 15.7 Å². The van der Waals surface area contributed by atoms with Crippen molar-refractivity contribution in [2.75, 3.05) is 6.54 Å². The van der Waals surface area contributed by atoms with Gasteiger partial charge in [0.1, 0.15) is 29.6 Å². The Morgan fingerprint density at radius 2 is 1.77 bits per heavy atom. The normalized spacial score (nSPS) is 23.0. The fraction of sp³-hybridized carbons (Fsp3) is 0.355. The van der Waals surface area contributed by atoms with Crippen LogP contribution in [0.25, 0.3) is 0 Å². The number of aromatic nitrogens is 1. The minimum absolute atomic E-state index is 0.0683. The minimum atomic E-state index is -1.12. The van der Waals surface area contributed by atoms with E-state index in [1.807, 2.05) is 13.0 Å². The quantitative estimate of drug-likeness (QED) is 0.468. The molecule has 6 rings (SSSR count). The SMILES string of the molecule is C[C@H]1CC[C@]2(CCC(=O)N2Cc2c(F)cc(F)cc2F)[C@H]2CN1C(=O)c1c(OCc3ccccc3)c(=O)c(C(N)=O)cn12. The van der Waals surface area contributed by atoms with Gasteiger partial charge in [-0.25, -0.2) is 13.2 Å². The number of amides is 3. The summed E-state index contributed by atoms with van der Waals surface area (Å²) >= 11 is 0. The summed E-state index contributed by atoms with van der Waals surface area (Å²) in [4.78, 5) is 56.4. The first-order valence-corrected chi connectivity index (χ1v) is 14.0. The number of hydrogen-bond acceptors (Lipinski definition) is 5. The molecule has 2 aromatic carbocycles. The average molecular weight is 595 g/mol. The molecule has 2 N–H and O–H groups in total. The lowest BCUT2D eigenvalue weighted by atomic mass is 9.81. The maximum atomic E-state index is 14.8. The van der Waals surface area contributed by atoms with Gasteiger partial charge in [0.2, 0.25) is 11.3 Å². The number of nitrogens with zero attached hydrogens (tertiary/aromatic N) is 3. The standard InChI is InChI=1S/C31H29F3N4O5/c1-17-7-9-31(10-8-25(39)38(31)14-20-22(33)11-19(32)12-23(20)34)24-15-36(17)30(42)26-28(43-16-18-5-3-2-4-6-18)27(40)21(29(35)41)13-37(24)26/h2-6,11-13,17,24H,7-10,14-16H2,1H3,(H2,35,41)/t17-,24+,31-/m0/s1. The van der Waals surface area contributed by atoms with Gasteiger partial charge in [-0.1, -0.05) is 30.3 Å². The smallest absolute Gasteiger partial charge is 0.274 e. The van der Waals surface area contributed by atoms with Crippen molar-refractivity contribution in [2.24, 2.45) is 5.73 Å². The molecule has 4 heterocycles. The number of hydrogen-bond donors (Lipinski definition) is 1. The van der Waals surface area contributed by atoms with E-state index in [0.29, 0.717) is 30.5 Å². The van der Waals surface area contributed by atoms with Crippen LogP contribution in [-0.2, 0) is 17.9 Å². The molecular formula is C31H29F3N4O5. The molecule has 12 heteroatoms. The van der Waals surface area contributed by atoms with E-state index in [4.69, 9.17) is 10.5 Å². The molecule has 1 spiro atoms. The van der Waals surface area contributed by atoms with E-state index < -0.39 is 63.9 Å². The number of ether oxygens (including phenoxy) is 1. The molecule has 0 unspecified atom stereocenters. The maximum absolute atomic E-state index is 14.8. The highest BCUT2D eigenvalue weighted by Crippen LogP contribution is 2.49. The number of carbonyl (C=O) groups is 3. The fourth-order valence-corrected chi connectivity index (χ4v) is 6.76. The van der Waals surface area contributed by atoms with Crippen LogP contribution in [0.3, 0.4) is 0 Å². The predicted molar refractivity (Wildman–Crippen MR) is 148 cm³/mol. The number of carbonyl (C=O) groups excluding carboxylic acids is 3. The molecule has 3 aliphatic heterocycles. The summed E-state index contributed by atoms with van der Waals surface area (Å²) in [5.41, 5.74) is 3.47. The van der Waals surface area contributed by atoms with Gasteiger partial charge < -0.3 is 24.8 Å². The number of rotatable bonds is 6. The van der Waals surface area contributed by atoms with Crippen LogP contribution in [0.2, 0.25) is 0 Å². The number of benzene rings is 2. The van der Waals surface area contributed by atoms with E-state index in [1.54, 1.807) is 29.2 Å². The Morgan fingerprint density at radius 3 is 2.44 bits per heavy atom. The number of nitrogens with two attached hydrogens (primary N) is 1. The highest BCUT2D eigenvalue weighted by atomic mass is 19.1. The van der Waals surface area contributed by atoms with E-state index >= 15 is 0 Å². The first-order valence-electron chi connectivity index (χ1n) is 14.0. The van der Waals surface area contributed by atoms with Gasteiger partial charge >= 0.3 is 0 Å². The van der Waals surface area contributed by atoms with Gasteiger partial charge in [-0.05, 0) is 31.7 Å². The molecule has 1 aromatic heterocycles. The molecule has 9 nitrogen and oxygen atoms in total. The second kappa shape index (κ2) is 10.6. The second-order valence-electron chi connectivity index (χ2n) is 11.4. The van der Waals surface area contributed by atoms with Gasteiger partial charge in [0.15, 0.2) is 11.4 Å². The van der Waals surface area contributed by atoms with E-state index in [-0.39, 0.29) is 49.4 Å². The average Bonchev–Trinajstić information content (AvgIpc) is 3.21. The summed E-state index contributed by atoms with van der Waals surface area (Å²) in [6, 6.07) is 9.04. The Morgan fingerprint density at radius 1 is 1.07 bits per heavy atom. The van der Waals surface area contributed by atoms with E-state index in [2.05, 4.69) is 0 Å². The Labute approximate surface area is 244 Å². The van der Waals surface area contributed by atoms with Crippen molar-refractivity contribution >= 4 is 17.7 Å². The first kappa shape index (κ1) is 28.5. The van der Waals surface area contributed by atoms with Crippen molar-refractivity contribution in [1.29, 1.82) is 0 Å². The Bertz CT molecular complexity index is 1690. The maximum Gasteiger partial charge on any atom is 0.274 e. The van der Waals surface area contributed by atoms with Crippen LogP contribution in [0, 0.1) is 17.5 Å². The number of pyridine rings is 1. The summed E-state index contributed by atoms with van der Waals surface area (Å²) < 4.78 is 50.8. The largest absolute Gasteiger partial charge is 0.483 e. The van der Waals surface area contributed by atoms with Crippen LogP contribution in [0.5, 0.6) is 5.75 Å². The van der Waals surface area contributed by atoms with Crippen molar-refractivity contribution in [2.45, 2.75) is 63.4 Å². The second-order valence-corrected chi connectivity index (χ2v) is 11.4. The molecule has 2 fully saturated rings. The summed E-state index contributed by atoms with van der Waals surface area (Å²) in [5.74, 6) is -5.52. The molecule has 0 radical (unpaired) electrons. The Balaban J connectivity index is 1.52. The predicted octanol–water partition coefficient (Wildman–Crippen LogP) is 3.68. The Hall–Kier alpha value is -4.61. The molecule has 2 saturated heterocycles. The Kier molecular flexibility index (Phi) is 7.02. The minimum Gasteiger partial charge on any atom is -0.483 e. The van der Waals surface area contributed by atoms with Gasteiger partial charge in [-0.3, -0.25) is 19.2 Å². The summed E-state index contributed by atoms with van der Waals surface area (Å²) in [5, 5.41) is 0. The van der Waals surface area contributed by atoms with Crippen LogP contribution in [0.4, 0.5) is 13.2 Å². The molecule has 2 bridgehead atoms. The number of primary amides is 1. The van der Waals surface area contributed by atoms with Crippen LogP contribution >= 0.6 is 0 Å².